The molecule has 0 heterocycles. The molecular formula is C24H24N2O3. The fraction of sp³-hybridized carbons (Fsp3) is 0.167. The highest BCUT2D eigenvalue weighted by molar-refractivity contribution is 6.04. The lowest BCUT2D eigenvalue weighted by molar-refractivity contribution is -0.118. The number of hydrogen-bond acceptors (Lipinski definition) is 3. The summed E-state index contributed by atoms with van der Waals surface area (Å²) in [6, 6.07) is 23.7. The average molecular weight is 388 g/mol. The van der Waals surface area contributed by atoms with E-state index in [4.69, 9.17) is 4.74 Å². The van der Waals surface area contributed by atoms with Crippen LogP contribution in [0.3, 0.4) is 0 Å². The molecule has 0 saturated heterocycles. The molecule has 0 spiro atoms. The Labute approximate surface area is 170 Å². The molecule has 2 amide bonds. The number of ether oxygens (including phenoxy) is 1. The fourth-order valence-electron chi connectivity index (χ4n) is 2.72. The number of benzene rings is 3. The number of anilines is 2. The van der Waals surface area contributed by atoms with Crippen molar-refractivity contribution in [1.82, 2.24) is 0 Å². The molecule has 0 aliphatic carbocycles. The van der Waals surface area contributed by atoms with E-state index in [1.165, 1.54) is 5.56 Å². The minimum absolute atomic E-state index is 0.0956. The quantitative estimate of drug-likeness (QED) is 0.593. The van der Waals surface area contributed by atoms with E-state index in [-0.39, 0.29) is 18.4 Å². The van der Waals surface area contributed by atoms with Crippen molar-refractivity contribution in [3.8, 4) is 5.75 Å². The number of rotatable bonds is 7. The van der Waals surface area contributed by atoms with Crippen molar-refractivity contribution in [2.24, 2.45) is 0 Å². The van der Waals surface area contributed by atoms with Crippen LogP contribution in [-0.4, -0.2) is 18.4 Å². The number of amides is 2. The molecular weight excluding hydrogens is 364 g/mol. The van der Waals surface area contributed by atoms with Gasteiger partial charge in [0.25, 0.3) is 11.8 Å². The predicted molar refractivity (Wildman–Crippen MR) is 115 cm³/mol. The third-order valence-corrected chi connectivity index (χ3v) is 4.38. The molecule has 0 aliphatic rings. The molecule has 0 unspecified atom stereocenters. The summed E-state index contributed by atoms with van der Waals surface area (Å²) < 4.78 is 5.52. The number of hydrogen-bond donors (Lipinski definition) is 2. The van der Waals surface area contributed by atoms with E-state index in [1.54, 1.807) is 36.4 Å². The summed E-state index contributed by atoms with van der Waals surface area (Å²) in [4.78, 5) is 24.2. The van der Waals surface area contributed by atoms with Crippen LogP contribution in [0.4, 0.5) is 11.4 Å². The van der Waals surface area contributed by atoms with Crippen LogP contribution in [0.1, 0.15) is 35.7 Å². The van der Waals surface area contributed by atoms with Crippen molar-refractivity contribution >= 4 is 23.2 Å². The van der Waals surface area contributed by atoms with Crippen molar-refractivity contribution in [3.05, 3.63) is 90.0 Å². The second kappa shape index (κ2) is 9.55. The van der Waals surface area contributed by atoms with Gasteiger partial charge in [0.2, 0.25) is 0 Å². The van der Waals surface area contributed by atoms with Crippen molar-refractivity contribution < 1.29 is 14.3 Å². The summed E-state index contributed by atoms with van der Waals surface area (Å²) in [7, 11) is 0. The molecule has 3 aromatic carbocycles. The van der Waals surface area contributed by atoms with Crippen LogP contribution in [-0.2, 0) is 4.79 Å². The van der Waals surface area contributed by atoms with Crippen molar-refractivity contribution in [2.45, 2.75) is 19.8 Å². The van der Waals surface area contributed by atoms with Crippen LogP contribution in [0.25, 0.3) is 0 Å². The van der Waals surface area contributed by atoms with Gasteiger partial charge in [0.1, 0.15) is 5.75 Å². The molecule has 0 saturated carbocycles. The molecule has 3 aromatic rings. The highest BCUT2D eigenvalue weighted by Gasteiger charge is 2.07. The van der Waals surface area contributed by atoms with Crippen LogP contribution in [0, 0.1) is 0 Å². The topological polar surface area (TPSA) is 67.4 Å². The third kappa shape index (κ3) is 5.94. The highest BCUT2D eigenvalue weighted by atomic mass is 16.5. The number of carbonyl (C=O) groups is 2. The summed E-state index contributed by atoms with van der Waals surface area (Å²) in [5.41, 5.74) is 3.20. The van der Waals surface area contributed by atoms with E-state index in [2.05, 4.69) is 24.5 Å². The Morgan fingerprint density at radius 1 is 0.793 bits per heavy atom. The average Bonchev–Trinajstić information content (AvgIpc) is 2.74. The first-order chi connectivity index (χ1) is 14.0. The molecule has 0 atom stereocenters. The van der Waals surface area contributed by atoms with E-state index in [0.29, 0.717) is 22.9 Å². The molecule has 0 aromatic heterocycles. The smallest absolute Gasteiger partial charge is 0.262 e. The Bertz CT molecular complexity index is 950. The van der Waals surface area contributed by atoms with Gasteiger partial charge in [-0.3, -0.25) is 9.59 Å². The van der Waals surface area contributed by atoms with E-state index in [9.17, 15) is 9.59 Å². The summed E-state index contributed by atoms with van der Waals surface area (Å²) in [6.45, 7) is 4.15. The van der Waals surface area contributed by atoms with Gasteiger partial charge in [-0.2, -0.15) is 0 Å². The minimum Gasteiger partial charge on any atom is -0.484 e. The zero-order valence-electron chi connectivity index (χ0n) is 16.5. The zero-order valence-corrected chi connectivity index (χ0v) is 16.5. The van der Waals surface area contributed by atoms with Gasteiger partial charge in [-0.05, 0) is 60.0 Å². The largest absolute Gasteiger partial charge is 0.484 e. The Kier molecular flexibility index (Phi) is 6.63. The summed E-state index contributed by atoms with van der Waals surface area (Å²) in [5, 5.41) is 5.63. The molecule has 0 fully saturated rings. The van der Waals surface area contributed by atoms with Crippen molar-refractivity contribution in [2.75, 3.05) is 17.2 Å². The second-order valence-electron chi connectivity index (χ2n) is 6.96. The van der Waals surface area contributed by atoms with Crippen molar-refractivity contribution in [3.63, 3.8) is 0 Å². The molecule has 0 aliphatic heterocycles. The van der Waals surface area contributed by atoms with Crippen LogP contribution >= 0.6 is 0 Å². The summed E-state index contributed by atoms with van der Waals surface area (Å²) in [6.07, 6.45) is 0. The predicted octanol–water partition coefficient (Wildman–Crippen LogP) is 5.08. The SMILES string of the molecule is CC(C)c1ccc(NC(=O)COc2ccc(NC(=O)c3ccccc3)cc2)cc1. The van der Waals surface area contributed by atoms with E-state index >= 15 is 0 Å². The Balaban J connectivity index is 1.48. The summed E-state index contributed by atoms with van der Waals surface area (Å²) >= 11 is 0. The molecule has 148 valence electrons. The minimum atomic E-state index is -0.233. The lowest BCUT2D eigenvalue weighted by Crippen LogP contribution is -2.20. The lowest BCUT2D eigenvalue weighted by Gasteiger charge is -2.10. The molecule has 5 heteroatoms. The monoisotopic (exact) mass is 388 g/mol. The maximum atomic E-state index is 12.2. The van der Waals surface area contributed by atoms with Crippen LogP contribution in [0.5, 0.6) is 5.75 Å². The molecule has 0 bridgehead atoms. The first-order valence-corrected chi connectivity index (χ1v) is 9.50. The Morgan fingerprint density at radius 3 is 2.00 bits per heavy atom. The van der Waals surface area contributed by atoms with Gasteiger partial charge in [-0.1, -0.05) is 44.2 Å². The van der Waals surface area contributed by atoms with E-state index in [0.717, 1.165) is 5.69 Å². The Morgan fingerprint density at radius 2 is 1.38 bits per heavy atom. The number of carbonyl (C=O) groups excluding carboxylic acids is 2. The van der Waals surface area contributed by atoms with Gasteiger partial charge in [0.15, 0.2) is 6.61 Å². The second-order valence-corrected chi connectivity index (χ2v) is 6.96. The fourth-order valence-corrected chi connectivity index (χ4v) is 2.72. The highest BCUT2D eigenvalue weighted by Crippen LogP contribution is 2.18. The van der Waals surface area contributed by atoms with E-state index < -0.39 is 0 Å². The Hall–Kier alpha value is -3.60. The van der Waals surface area contributed by atoms with E-state index in [1.807, 2.05) is 42.5 Å². The van der Waals surface area contributed by atoms with Crippen molar-refractivity contribution in [1.29, 1.82) is 0 Å². The maximum Gasteiger partial charge on any atom is 0.262 e. The normalized spacial score (nSPS) is 10.4. The maximum absolute atomic E-state index is 12.2. The summed E-state index contributed by atoms with van der Waals surface area (Å²) in [5.74, 6) is 0.586. The van der Waals surface area contributed by atoms with Gasteiger partial charge in [0, 0.05) is 16.9 Å². The van der Waals surface area contributed by atoms with Crippen LogP contribution in [0.15, 0.2) is 78.9 Å². The standard InChI is InChI=1S/C24H24N2O3/c1-17(2)18-8-10-20(11-9-18)25-23(27)16-29-22-14-12-21(13-15-22)26-24(28)19-6-4-3-5-7-19/h3-15,17H,16H2,1-2H3,(H,25,27)(H,26,28). The third-order valence-electron chi connectivity index (χ3n) is 4.38. The van der Waals surface area contributed by atoms with Gasteiger partial charge in [-0.25, -0.2) is 0 Å². The molecule has 3 rings (SSSR count). The molecule has 5 nitrogen and oxygen atoms in total. The lowest BCUT2D eigenvalue weighted by atomic mass is 10.0. The van der Waals surface area contributed by atoms with Gasteiger partial charge >= 0.3 is 0 Å². The first-order valence-electron chi connectivity index (χ1n) is 9.50. The molecule has 29 heavy (non-hydrogen) atoms. The molecule has 2 N–H and O–H groups in total. The first kappa shape index (κ1) is 20.1. The molecule has 0 radical (unpaired) electrons. The zero-order chi connectivity index (χ0) is 20.6. The van der Waals surface area contributed by atoms with Gasteiger partial charge < -0.3 is 15.4 Å². The van der Waals surface area contributed by atoms with Gasteiger partial charge in [0.05, 0.1) is 0 Å². The van der Waals surface area contributed by atoms with Crippen LogP contribution in [0.2, 0.25) is 0 Å². The number of nitrogens with one attached hydrogen (secondary N) is 2. The van der Waals surface area contributed by atoms with Gasteiger partial charge in [-0.15, -0.1) is 0 Å². The van der Waals surface area contributed by atoms with Crippen LogP contribution < -0.4 is 15.4 Å².